The molecule has 0 saturated carbocycles. The number of aryl methyl sites for hydroxylation is 2. The number of carbonyl (C=O) groups is 1. The molecule has 0 unspecified atom stereocenters. The summed E-state index contributed by atoms with van der Waals surface area (Å²) in [5, 5.41) is 3.94. The van der Waals surface area contributed by atoms with Crippen LogP contribution in [0.5, 0.6) is 5.75 Å². The Bertz CT molecular complexity index is 725. The molecule has 0 radical (unpaired) electrons. The van der Waals surface area contributed by atoms with Crippen LogP contribution < -0.4 is 10.3 Å². The van der Waals surface area contributed by atoms with Crippen LogP contribution in [0.2, 0.25) is 0 Å². The zero-order valence-electron chi connectivity index (χ0n) is 12.9. The van der Waals surface area contributed by atoms with Gasteiger partial charge in [0.05, 0.1) is 6.54 Å². The van der Waals surface area contributed by atoms with Crippen molar-refractivity contribution in [2.45, 2.75) is 6.92 Å². The molecule has 0 saturated heterocycles. The van der Waals surface area contributed by atoms with Crippen molar-refractivity contribution in [3.63, 3.8) is 0 Å². The monoisotopic (exact) mass is 301 g/mol. The molecule has 1 heterocycles. The van der Waals surface area contributed by atoms with Crippen molar-refractivity contribution >= 4 is 5.91 Å². The molecule has 0 N–H and O–H groups in total. The first-order valence-corrected chi connectivity index (χ1v) is 6.96. The van der Waals surface area contributed by atoms with E-state index in [1.807, 2.05) is 31.2 Å². The Balaban J connectivity index is 1.91. The lowest BCUT2D eigenvalue weighted by Gasteiger charge is -2.17. The van der Waals surface area contributed by atoms with Gasteiger partial charge in [-0.25, -0.2) is 4.68 Å². The summed E-state index contributed by atoms with van der Waals surface area (Å²) in [5.74, 6) is 0.532. The third kappa shape index (κ3) is 3.94. The minimum atomic E-state index is -0.248. The van der Waals surface area contributed by atoms with E-state index in [1.54, 1.807) is 7.05 Å². The van der Waals surface area contributed by atoms with Crippen LogP contribution in [0.25, 0.3) is 0 Å². The van der Waals surface area contributed by atoms with E-state index in [4.69, 9.17) is 4.74 Å². The average molecular weight is 301 g/mol. The number of amides is 1. The summed E-state index contributed by atoms with van der Waals surface area (Å²) in [6, 6.07) is 10.5. The molecule has 22 heavy (non-hydrogen) atoms. The zero-order valence-corrected chi connectivity index (χ0v) is 12.9. The topological polar surface area (TPSA) is 64.4 Å². The highest BCUT2D eigenvalue weighted by atomic mass is 16.5. The fourth-order valence-corrected chi connectivity index (χ4v) is 1.92. The van der Waals surface area contributed by atoms with E-state index in [0.29, 0.717) is 13.2 Å². The number of hydrogen-bond acceptors (Lipinski definition) is 4. The molecule has 1 amide bonds. The number of aromatic nitrogens is 2. The number of benzene rings is 1. The van der Waals surface area contributed by atoms with E-state index in [-0.39, 0.29) is 17.2 Å². The van der Waals surface area contributed by atoms with Crippen molar-refractivity contribution < 1.29 is 9.53 Å². The number of hydrogen-bond donors (Lipinski definition) is 0. The van der Waals surface area contributed by atoms with Crippen molar-refractivity contribution in [2.24, 2.45) is 7.05 Å². The van der Waals surface area contributed by atoms with Crippen LogP contribution in [0.3, 0.4) is 0 Å². The highest BCUT2D eigenvalue weighted by Crippen LogP contribution is 2.12. The largest absolute Gasteiger partial charge is 0.492 e. The SMILES string of the molecule is Cc1cccc(OCCN(C)C(=O)c2ccc(=O)n(C)n2)c1. The van der Waals surface area contributed by atoms with Crippen molar-refractivity contribution in [1.29, 1.82) is 0 Å². The van der Waals surface area contributed by atoms with Crippen LogP contribution in [0.1, 0.15) is 16.1 Å². The summed E-state index contributed by atoms with van der Waals surface area (Å²) in [7, 11) is 3.19. The Labute approximate surface area is 128 Å². The van der Waals surface area contributed by atoms with Crippen molar-refractivity contribution in [3.8, 4) is 5.75 Å². The number of likely N-dealkylation sites (N-methyl/N-ethyl adjacent to an activating group) is 1. The molecule has 6 heteroatoms. The van der Waals surface area contributed by atoms with Crippen LogP contribution in [0.4, 0.5) is 0 Å². The third-order valence-electron chi connectivity index (χ3n) is 3.21. The third-order valence-corrected chi connectivity index (χ3v) is 3.21. The van der Waals surface area contributed by atoms with Gasteiger partial charge in [-0.15, -0.1) is 0 Å². The van der Waals surface area contributed by atoms with Crippen molar-refractivity contribution in [1.82, 2.24) is 14.7 Å². The number of rotatable bonds is 5. The Morgan fingerprint density at radius 1 is 1.32 bits per heavy atom. The molecule has 1 aromatic carbocycles. The number of nitrogens with zero attached hydrogens (tertiary/aromatic N) is 3. The van der Waals surface area contributed by atoms with Gasteiger partial charge in [0.15, 0.2) is 0 Å². The molecule has 1 aromatic heterocycles. The van der Waals surface area contributed by atoms with Gasteiger partial charge >= 0.3 is 0 Å². The van der Waals surface area contributed by atoms with Gasteiger partial charge in [-0.2, -0.15) is 5.10 Å². The highest BCUT2D eigenvalue weighted by Gasteiger charge is 2.14. The van der Waals surface area contributed by atoms with E-state index >= 15 is 0 Å². The van der Waals surface area contributed by atoms with Gasteiger partial charge in [0.1, 0.15) is 18.1 Å². The lowest BCUT2D eigenvalue weighted by atomic mass is 10.2. The smallest absolute Gasteiger partial charge is 0.274 e. The van der Waals surface area contributed by atoms with Crippen molar-refractivity contribution in [2.75, 3.05) is 20.2 Å². The Morgan fingerprint density at radius 3 is 2.77 bits per heavy atom. The fourth-order valence-electron chi connectivity index (χ4n) is 1.92. The molecule has 2 aromatic rings. The molecule has 0 atom stereocenters. The highest BCUT2D eigenvalue weighted by molar-refractivity contribution is 5.91. The molecule has 2 rings (SSSR count). The molecule has 0 bridgehead atoms. The average Bonchev–Trinajstić information content (AvgIpc) is 2.49. The van der Waals surface area contributed by atoms with Gasteiger partial charge in [-0.05, 0) is 30.7 Å². The van der Waals surface area contributed by atoms with E-state index in [1.165, 1.54) is 24.1 Å². The second kappa shape index (κ2) is 6.89. The Hall–Kier alpha value is -2.63. The van der Waals surface area contributed by atoms with E-state index in [0.717, 1.165) is 16.0 Å². The van der Waals surface area contributed by atoms with Crippen LogP contribution >= 0.6 is 0 Å². The molecule has 0 aliphatic heterocycles. The first-order chi connectivity index (χ1) is 10.5. The predicted molar refractivity (Wildman–Crippen MR) is 83.1 cm³/mol. The molecule has 0 spiro atoms. The predicted octanol–water partition coefficient (Wildman–Crippen LogP) is 1.24. The van der Waals surface area contributed by atoms with E-state index in [9.17, 15) is 9.59 Å². The second-order valence-electron chi connectivity index (χ2n) is 5.07. The number of carbonyl (C=O) groups excluding carboxylic acids is 1. The van der Waals surface area contributed by atoms with Crippen LogP contribution in [0.15, 0.2) is 41.2 Å². The quantitative estimate of drug-likeness (QED) is 0.833. The summed E-state index contributed by atoms with van der Waals surface area (Å²) in [4.78, 5) is 25.0. The number of ether oxygens (including phenoxy) is 1. The molecule has 116 valence electrons. The molecule has 6 nitrogen and oxygen atoms in total. The summed E-state index contributed by atoms with van der Waals surface area (Å²) in [6.07, 6.45) is 0. The summed E-state index contributed by atoms with van der Waals surface area (Å²) in [5.41, 5.74) is 1.11. The Kier molecular flexibility index (Phi) is 4.93. The zero-order chi connectivity index (χ0) is 16.1. The van der Waals surface area contributed by atoms with Gasteiger partial charge in [0.2, 0.25) is 0 Å². The normalized spacial score (nSPS) is 10.3. The van der Waals surface area contributed by atoms with Gasteiger partial charge in [0, 0.05) is 20.2 Å². The molecule has 0 aliphatic rings. The van der Waals surface area contributed by atoms with Crippen molar-refractivity contribution in [3.05, 3.63) is 58.0 Å². The van der Waals surface area contributed by atoms with Crippen LogP contribution in [-0.4, -0.2) is 40.8 Å². The summed E-state index contributed by atoms with van der Waals surface area (Å²) in [6.45, 7) is 2.81. The second-order valence-corrected chi connectivity index (χ2v) is 5.07. The lowest BCUT2D eigenvalue weighted by molar-refractivity contribution is 0.0765. The maximum absolute atomic E-state index is 12.2. The molecular weight excluding hydrogens is 282 g/mol. The summed E-state index contributed by atoms with van der Waals surface area (Å²) < 4.78 is 6.76. The first-order valence-electron chi connectivity index (χ1n) is 6.96. The maximum atomic E-state index is 12.2. The van der Waals surface area contributed by atoms with E-state index in [2.05, 4.69) is 5.10 Å². The Morgan fingerprint density at radius 2 is 2.09 bits per heavy atom. The van der Waals surface area contributed by atoms with Gasteiger partial charge in [-0.1, -0.05) is 12.1 Å². The maximum Gasteiger partial charge on any atom is 0.274 e. The van der Waals surface area contributed by atoms with Crippen LogP contribution in [0, 0.1) is 6.92 Å². The molecule has 0 fully saturated rings. The molecule has 0 aliphatic carbocycles. The minimum Gasteiger partial charge on any atom is -0.492 e. The van der Waals surface area contributed by atoms with Gasteiger partial charge in [-0.3, -0.25) is 9.59 Å². The minimum absolute atomic E-state index is 0.236. The van der Waals surface area contributed by atoms with Crippen LogP contribution in [-0.2, 0) is 7.05 Å². The standard InChI is InChI=1S/C16H19N3O3/c1-12-5-4-6-13(11-12)22-10-9-18(2)16(21)14-7-8-15(20)19(3)17-14/h4-8,11H,9-10H2,1-3H3. The van der Waals surface area contributed by atoms with Gasteiger partial charge in [0.25, 0.3) is 11.5 Å². The lowest BCUT2D eigenvalue weighted by Crippen LogP contribution is -2.33. The van der Waals surface area contributed by atoms with E-state index < -0.39 is 0 Å². The van der Waals surface area contributed by atoms with Gasteiger partial charge < -0.3 is 9.64 Å². The molecular formula is C16H19N3O3. The fraction of sp³-hybridized carbons (Fsp3) is 0.312. The first kappa shape index (κ1) is 15.8. The summed E-state index contributed by atoms with van der Waals surface area (Å²) >= 11 is 0.